The number of cyclic esters (lactones) is 1. The molecule has 3 nitrogen and oxygen atoms in total. The van der Waals surface area contributed by atoms with Crippen LogP contribution in [-0.2, 0) is 9.53 Å². The number of unbranched alkanes of at least 4 members (excludes halogenated alkanes) is 8. The maximum Gasteiger partial charge on any atom is 0.342 e. The van der Waals surface area contributed by atoms with Crippen LogP contribution in [0.1, 0.15) is 97.8 Å². The number of hydrogen-bond acceptors (Lipinski definition) is 3. The predicted octanol–water partition coefficient (Wildman–Crippen LogP) is 5.83. The van der Waals surface area contributed by atoms with Crippen molar-refractivity contribution in [3.05, 3.63) is 23.0 Å². The van der Waals surface area contributed by atoms with Crippen LogP contribution in [0.4, 0.5) is 0 Å². The molecule has 0 radical (unpaired) electrons. The summed E-state index contributed by atoms with van der Waals surface area (Å²) in [6.45, 7) is 6.28. The van der Waals surface area contributed by atoms with E-state index in [4.69, 9.17) is 4.74 Å². The lowest BCUT2D eigenvalue weighted by Crippen LogP contribution is -2.24. The van der Waals surface area contributed by atoms with Crippen LogP contribution in [0.2, 0.25) is 0 Å². The highest BCUT2D eigenvalue weighted by molar-refractivity contribution is 5.95. The number of carbonyl (C=O) groups is 1. The summed E-state index contributed by atoms with van der Waals surface area (Å²) in [6.07, 6.45) is 15.1. The van der Waals surface area contributed by atoms with Crippen molar-refractivity contribution in [2.24, 2.45) is 0 Å². The molecule has 1 rings (SSSR count). The lowest BCUT2D eigenvalue weighted by molar-refractivity contribution is -0.141. The number of hydrogen-bond donors (Lipinski definition) is 1. The monoisotopic (exact) mass is 336 g/mol. The van der Waals surface area contributed by atoms with Crippen molar-refractivity contribution in [2.45, 2.75) is 104 Å². The highest BCUT2D eigenvalue weighted by Gasteiger charge is 2.30. The summed E-state index contributed by atoms with van der Waals surface area (Å²) in [5.74, 6) is 0.471. The number of esters is 1. The number of ether oxygens (including phenoxy) is 1. The van der Waals surface area contributed by atoms with Gasteiger partial charge >= 0.3 is 5.97 Å². The summed E-state index contributed by atoms with van der Waals surface area (Å²) in [4.78, 5) is 11.5. The Morgan fingerprint density at radius 3 is 2.17 bits per heavy atom. The van der Waals surface area contributed by atoms with Crippen LogP contribution < -0.4 is 0 Å². The third-order valence-corrected chi connectivity index (χ3v) is 4.58. The van der Waals surface area contributed by atoms with E-state index in [9.17, 15) is 9.90 Å². The SMILES string of the molecule is CCCCCCCCCCC[C@H](O)CC1=C(CC=C(C)C)C(=O)O1. The molecule has 0 aromatic rings. The second-order valence-corrected chi connectivity index (χ2v) is 7.25. The Bertz CT molecular complexity index is 430. The molecule has 0 aromatic heterocycles. The Morgan fingerprint density at radius 1 is 1.04 bits per heavy atom. The predicted molar refractivity (Wildman–Crippen MR) is 99.6 cm³/mol. The van der Waals surface area contributed by atoms with E-state index >= 15 is 0 Å². The van der Waals surface area contributed by atoms with Gasteiger partial charge in [-0.25, -0.2) is 4.79 Å². The topological polar surface area (TPSA) is 46.5 Å². The average Bonchev–Trinajstić information content (AvgIpc) is 2.52. The average molecular weight is 337 g/mol. The van der Waals surface area contributed by atoms with Crippen LogP contribution in [0, 0.1) is 0 Å². The van der Waals surface area contributed by atoms with Gasteiger partial charge in [-0.15, -0.1) is 0 Å². The molecular formula is C21H36O3. The molecule has 0 bridgehead atoms. The van der Waals surface area contributed by atoms with Crippen LogP contribution in [0.3, 0.4) is 0 Å². The van der Waals surface area contributed by atoms with Crippen molar-refractivity contribution in [1.29, 1.82) is 0 Å². The molecule has 0 unspecified atom stereocenters. The lowest BCUT2D eigenvalue weighted by atomic mass is 9.99. The Hall–Kier alpha value is -1.09. The first-order valence-electron chi connectivity index (χ1n) is 9.80. The van der Waals surface area contributed by atoms with Crippen LogP contribution in [0.5, 0.6) is 0 Å². The molecule has 0 saturated carbocycles. The largest absolute Gasteiger partial charge is 0.427 e. The summed E-state index contributed by atoms with van der Waals surface area (Å²) >= 11 is 0. The van der Waals surface area contributed by atoms with E-state index in [-0.39, 0.29) is 12.1 Å². The molecule has 1 heterocycles. The minimum atomic E-state index is -0.389. The molecule has 138 valence electrons. The van der Waals surface area contributed by atoms with Gasteiger partial charge in [0.1, 0.15) is 5.76 Å². The van der Waals surface area contributed by atoms with E-state index in [1.54, 1.807) is 0 Å². The van der Waals surface area contributed by atoms with E-state index in [1.807, 2.05) is 19.9 Å². The van der Waals surface area contributed by atoms with Gasteiger partial charge in [0.2, 0.25) is 0 Å². The number of aliphatic hydroxyl groups is 1. The fourth-order valence-electron chi connectivity index (χ4n) is 2.98. The van der Waals surface area contributed by atoms with Crippen molar-refractivity contribution >= 4 is 5.97 Å². The third-order valence-electron chi connectivity index (χ3n) is 4.58. The van der Waals surface area contributed by atoms with Gasteiger partial charge in [0.25, 0.3) is 0 Å². The summed E-state index contributed by atoms with van der Waals surface area (Å²) in [5.41, 5.74) is 1.93. The molecule has 0 spiro atoms. The highest BCUT2D eigenvalue weighted by atomic mass is 16.6. The number of rotatable bonds is 14. The summed E-state index contributed by atoms with van der Waals surface area (Å²) in [5, 5.41) is 10.1. The van der Waals surface area contributed by atoms with Crippen LogP contribution >= 0.6 is 0 Å². The van der Waals surface area contributed by atoms with E-state index in [0.29, 0.717) is 18.6 Å². The normalized spacial score (nSPS) is 15.1. The summed E-state index contributed by atoms with van der Waals surface area (Å²) in [7, 11) is 0. The van der Waals surface area contributed by atoms with Crippen LogP contribution in [0.15, 0.2) is 23.0 Å². The second-order valence-electron chi connectivity index (χ2n) is 7.25. The van der Waals surface area contributed by atoms with Crippen LogP contribution in [0.25, 0.3) is 0 Å². The molecule has 1 N–H and O–H groups in total. The first-order valence-corrected chi connectivity index (χ1v) is 9.80. The molecule has 0 saturated heterocycles. The molecule has 1 aliphatic rings. The van der Waals surface area contributed by atoms with Gasteiger partial charge in [-0.3, -0.25) is 0 Å². The summed E-state index contributed by atoms with van der Waals surface area (Å²) < 4.78 is 5.10. The smallest absolute Gasteiger partial charge is 0.342 e. The zero-order chi connectivity index (χ0) is 17.8. The van der Waals surface area contributed by atoms with Crippen LogP contribution in [-0.4, -0.2) is 17.2 Å². The fraction of sp³-hybridized carbons (Fsp3) is 0.762. The van der Waals surface area contributed by atoms with E-state index < -0.39 is 0 Å². The fourth-order valence-corrected chi connectivity index (χ4v) is 2.98. The number of allylic oxidation sites excluding steroid dienone is 2. The lowest BCUT2D eigenvalue weighted by Gasteiger charge is -2.23. The Morgan fingerprint density at radius 2 is 1.62 bits per heavy atom. The molecule has 0 aliphatic carbocycles. The number of aliphatic hydroxyl groups excluding tert-OH is 1. The molecule has 0 amide bonds. The minimum Gasteiger partial charge on any atom is -0.427 e. The molecule has 3 heteroatoms. The first-order chi connectivity index (χ1) is 11.5. The van der Waals surface area contributed by atoms with E-state index in [0.717, 1.165) is 18.4 Å². The molecule has 24 heavy (non-hydrogen) atoms. The van der Waals surface area contributed by atoms with Crippen molar-refractivity contribution in [3.8, 4) is 0 Å². The number of carbonyl (C=O) groups excluding carboxylic acids is 1. The summed E-state index contributed by atoms with van der Waals surface area (Å²) in [6, 6.07) is 0. The van der Waals surface area contributed by atoms with Gasteiger partial charge in [0.15, 0.2) is 0 Å². The molecule has 1 aliphatic heterocycles. The maximum absolute atomic E-state index is 11.5. The van der Waals surface area contributed by atoms with E-state index in [2.05, 4.69) is 6.92 Å². The Kier molecular flexibility index (Phi) is 10.7. The Balaban J connectivity index is 2.10. The van der Waals surface area contributed by atoms with Gasteiger partial charge < -0.3 is 9.84 Å². The van der Waals surface area contributed by atoms with Gasteiger partial charge in [-0.1, -0.05) is 76.4 Å². The molecular weight excluding hydrogens is 300 g/mol. The second kappa shape index (κ2) is 12.3. The Labute approximate surface area is 148 Å². The highest BCUT2D eigenvalue weighted by Crippen LogP contribution is 2.29. The van der Waals surface area contributed by atoms with Gasteiger partial charge in [0, 0.05) is 12.8 Å². The zero-order valence-electron chi connectivity index (χ0n) is 15.9. The zero-order valence-corrected chi connectivity index (χ0v) is 15.9. The van der Waals surface area contributed by atoms with Crippen molar-refractivity contribution in [2.75, 3.05) is 0 Å². The van der Waals surface area contributed by atoms with Crippen molar-refractivity contribution < 1.29 is 14.6 Å². The molecule has 0 aromatic carbocycles. The molecule has 1 atom stereocenters. The first kappa shape index (κ1) is 21.0. The van der Waals surface area contributed by atoms with Gasteiger partial charge in [0.05, 0.1) is 11.7 Å². The minimum absolute atomic E-state index is 0.224. The van der Waals surface area contributed by atoms with Gasteiger partial charge in [-0.05, 0) is 20.3 Å². The third kappa shape index (κ3) is 8.68. The maximum atomic E-state index is 11.5. The van der Waals surface area contributed by atoms with Crippen molar-refractivity contribution in [3.63, 3.8) is 0 Å². The van der Waals surface area contributed by atoms with E-state index in [1.165, 1.54) is 56.9 Å². The van der Waals surface area contributed by atoms with Crippen molar-refractivity contribution in [1.82, 2.24) is 0 Å². The quantitative estimate of drug-likeness (QED) is 0.247. The molecule has 0 fully saturated rings. The standard InChI is InChI=1S/C21H36O3/c1-4-5-6-7-8-9-10-11-12-13-18(22)16-20-19(21(23)24-20)15-14-17(2)3/h14,18,22H,4-13,15-16H2,1-3H3/t18-/m0/s1. The van der Waals surface area contributed by atoms with Gasteiger partial charge in [-0.2, -0.15) is 0 Å².